The van der Waals surface area contributed by atoms with Gasteiger partial charge in [0.05, 0.1) is 24.5 Å². The second-order valence-corrected chi connectivity index (χ2v) is 4.42. The fourth-order valence-corrected chi connectivity index (χ4v) is 2.20. The van der Waals surface area contributed by atoms with Gasteiger partial charge in [0.25, 0.3) is 0 Å². The van der Waals surface area contributed by atoms with Crippen molar-refractivity contribution in [1.82, 2.24) is 9.78 Å². The highest BCUT2D eigenvalue weighted by Gasteiger charge is 2.39. The van der Waals surface area contributed by atoms with Crippen LogP contribution in [-0.4, -0.2) is 22.0 Å². The van der Waals surface area contributed by atoms with E-state index in [9.17, 15) is 13.2 Å². The van der Waals surface area contributed by atoms with Crippen LogP contribution in [0.3, 0.4) is 0 Å². The Morgan fingerprint density at radius 1 is 1.38 bits per heavy atom. The van der Waals surface area contributed by atoms with Crippen LogP contribution in [0.1, 0.15) is 0 Å². The van der Waals surface area contributed by atoms with Crippen LogP contribution in [-0.2, 0) is 6.54 Å². The summed E-state index contributed by atoms with van der Waals surface area (Å²) in [5.74, 6) is 0. The molecule has 0 radical (unpaired) electrons. The second-order valence-electron chi connectivity index (χ2n) is 4.42. The van der Waals surface area contributed by atoms with Gasteiger partial charge in [0.15, 0.2) is 6.04 Å². The first-order valence-corrected chi connectivity index (χ1v) is 5.93. The van der Waals surface area contributed by atoms with Crippen LogP contribution in [0.4, 0.5) is 13.2 Å². The predicted molar refractivity (Wildman–Crippen MR) is 68.5 cm³/mol. The van der Waals surface area contributed by atoms with Gasteiger partial charge in [-0.2, -0.15) is 18.3 Å². The molecule has 0 aliphatic carbocycles. The molecule has 1 unspecified atom stereocenters. The molecule has 9 heteroatoms. The van der Waals surface area contributed by atoms with Gasteiger partial charge in [0.2, 0.25) is 0 Å². The van der Waals surface area contributed by atoms with Crippen molar-refractivity contribution in [1.29, 1.82) is 0 Å². The van der Waals surface area contributed by atoms with E-state index in [1.807, 2.05) is 0 Å². The average molecular weight is 295 g/mol. The molecule has 1 atom stereocenters. The van der Waals surface area contributed by atoms with Crippen molar-refractivity contribution < 1.29 is 17.6 Å². The van der Waals surface area contributed by atoms with E-state index in [2.05, 4.69) is 15.1 Å². The minimum absolute atomic E-state index is 0.517. The summed E-state index contributed by atoms with van der Waals surface area (Å²) in [5.41, 5.74) is 9.36. The Kier molecular flexibility index (Phi) is 2.99. The molecular weight excluding hydrogens is 287 g/mol. The van der Waals surface area contributed by atoms with Crippen molar-refractivity contribution in [3.63, 3.8) is 0 Å². The first kappa shape index (κ1) is 13.3. The van der Waals surface area contributed by atoms with Gasteiger partial charge in [-0.25, -0.2) is 0 Å². The zero-order valence-corrected chi connectivity index (χ0v) is 10.4. The molecule has 0 aliphatic heterocycles. The van der Waals surface area contributed by atoms with Crippen molar-refractivity contribution >= 4 is 21.9 Å². The predicted octanol–water partition coefficient (Wildman–Crippen LogP) is 4.02. The lowest BCUT2D eigenvalue weighted by molar-refractivity contribution is -0.150. The van der Waals surface area contributed by atoms with Crippen molar-refractivity contribution in [3.05, 3.63) is 41.1 Å². The van der Waals surface area contributed by atoms with Crippen LogP contribution in [0.15, 0.2) is 40.2 Å². The number of azide groups is 1. The standard InChI is InChI=1S/C12H8F3N5O/c13-12(14,15)10(18-19-16)6-20-11-7(5-17-20)1-2-9-8(11)3-4-21-9/h1-5,10H,6H2. The van der Waals surface area contributed by atoms with Crippen molar-refractivity contribution in [2.45, 2.75) is 18.8 Å². The third-order valence-corrected chi connectivity index (χ3v) is 3.15. The third-order valence-electron chi connectivity index (χ3n) is 3.15. The molecule has 0 saturated heterocycles. The first-order chi connectivity index (χ1) is 10.0. The first-order valence-electron chi connectivity index (χ1n) is 5.93. The summed E-state index contributed by atoms with van der Waals surface area (Å²) in [6, 6.07) is 2.92. The normalized spacial score (nSPS) is 13.5. The van der Waals surface area contributed by atoms with Gasteiger partial charge in [-0.1, -0.05) is 5.11 Å². The molecule has 0 N–H and O–H groups in total. The summed E-state index contributed by atoms with van der Waals surface area (Å²) in [5, 5.41) is 8.11. The van der Waals surface area contributed by atoms with Crippen LogP contribution >= 0.6 is 0 Å². The highest BCUT2D eigenvalue weighted by Crippen LogP contribution is 2.29. The smallest absolute Gasteiger partial charge is 0.399 e. The van der Waals surface area contributed by atoms with Crippen molar-refractivity contribution in [2.75, 3.05) is 0 Å². The van der Waals surface area contributed by atoms with Gasteiger partial charge in [0, 0.05) is 15.7 Å². The van der Waals surface area contributed by atoms with E-state index in [1.54, 1.807) is 18.2 Å². The van der Waals surface area contributed by atoms with Crippen LogP contribution in [0.5, 0.6) is 0 Å². The quantitative estimate of drug-likeness (QED) is 0.415. The molecule has 0 bridgehead atoms. The fraction of sp³-hybridized carbons (Fsp3) is 0.250. The molecule has 2 heterocycles. The third kappa shape index (κ3) is 2.27. The topological polar surface area (TPSA) is 79.7 Å². The Bertz CT molecular complexity index is 843. The van der Waals surface area contributed by atoms with Gasteiger partial charge in [-0.05, 0) is 23.7 Å². The monoisotopic (exact) mass is 295 g/mol. The van der Waals surface area contributed by atoms with E-state index < -0.39 is 18.8 Å². The van der Waals surface area contributed by atoms with E-state index >= 15 is 0 Å². The van der Waals surface area contributed by atoms with Crippen LogP contribution < -0.4 is 0 Å². The van der Waals surface area contributed by atoms with Crippen LogP contribution in [0.25, 0.3) is 32.3 Å². The minimum Gasteiger partial charge on any atom is -0.464 e. The van der Waals surface area contributed by atoms with E-state index in [0.29, 0.717) is 21.9 Å². The molecule has 0 fully saturated rings. The lowest BCUT2D eigenvalue weighted by Gasteiger charge is -2.15. The fourth-order valence-electron chi connectivity index (χ4n) is 2.20. The molecule has 0 aliphatic rings. The number of halogens is 3. The van der Waals surface area contributed by atoms with E-state index in [1.165, 1.54) is 17.1 Å². The maximum absolute atomic E-state index is 12.8. The molecule has 108 valence electrons. The maximum atomic E-state index is 12.8. The Labute approximate surface area is 115 Å². The number of benzene rings is 1. The molecule has 0 saturated carbocycles. The Morgan fingerprint density at radius 2 is 2.19 bits per heavy atom. The number of nitrogens with zero attached hydrogens (tertiary/aromatic N) is 5. The maximum Gasteiger partial charge on any atom is 0.399 e. The van der Waals surface area contributed by atoms with Gasteiger partial charge in [-0.15, -0.1) is 0 Å². The zero-order valence-electron chi connectivity index (χ0n) is 10.4. The SMILES string of the molecule is [N-]=[N+]=NC(Cn1ncc2ccc3occc3c21)C(F)(F)F. The molecule has 3 rings (SSSR count). The molecule has 1 aromatic carbocycles. The summed E-state index contributed by atoms with van der Waals surface area (Å²) in [6.07, 6.45) is -1.71. The number of furan rings is 1. The van der Waals surface area contributed by atoms with E-state index in [-0.39, 0.29) is 0 Å². The minimum atomic E-state index is -4.63. The Hall–Kier alpha value is -2.67. The molecule has 21 heavy (non-hydrogen) atoms. The summed E-state index contributed by atoms with van der Waals surface area (Å²) < 4.78 is 44.9. The number of fused-ring (bicyclic) bond motifs is 3. The summed E-state index contributed by atoms with van der Waals surface area (Å²) in [7, 11) is 0. The number of rotatable bonds is 3. The molecule has 0 amide bonds. The largest absolute Gasteiger partial charge is 0.464 e. The second kappa shape index (κ2) is 4.71. The number of hydrogen-bond acceptors (Lipinski definition) is 3. The highest BCUT2D eigenvalue weighted by molar-refractivity contribution is 6.03. The lowest BCUT2D eigenvalue weighted by atomic mass is 10.2. The van der Waals surface area contributed by atoms with Gasteiger partial charge >= 0.3 is 6.18 Å². The summed E-state index contributed by atoms with van der Waals surface area (Å²) in [6.45, 7) is -0.582. The van der Waals surface area contributed by atoms with Gasteiger partial charge < -0.3 is 4.42 Å². The molecule has 6 nitrogen and oxygen atoms in total. The summed E-state index contributed by atoms with van der Waals surface area (Å²) >= 11 is 0. The molecule has 3 aromatic rings. The van der Waals surface area contributed by atoms with Crippen molar-refractivity contribution in [3.8, 4) is 0 Å². The number of alkyl halides is 3. The summed E-state index contributed by atoms with van der Waals surface area (Å²) in [4.78, 5) is 2.26. The average Bonchev–Trinajstić information content (AvgIpc) is 3.02. The molecule has 2 aromatic heterocycles. The Balaban J connectivity index is 2.12. The van der Waals surface area contributed by atoms with Gasteiger partial charge in [0.1, 0.15) is 5.58 Å². The highest BCUT2D eigenvalue weighted by atomic mass is 19.4. The van der Waals surface area contributed by atoms with E-state index in [0.717, 1.165) is 0 Å². The number of aromatic nitrogens is 2. The lowest BCUT2D eigenvalue weighted by Crippen LogP contribution is -2.31. The number of hydrogen-bond donors (Lipinski definition) is 0. The molecule has 0 spiro atoms. The van der Waals surface area contributed by atoms with Crippen molar-refractivity contribution in [2.24, 2.45) is 5.11 Å². The Morgan fingerprint density at radius 3 is 2.90 bits per heavy atom. The van der Waals surface area contributed by atoms with Crippen LogP contribution in [0.2, 0.25) is 0 Å². The molecular formula is C12H8F3N5O. The van der Waals surface area contributed by atoms with Gasteiger partial charge in [-0.3, -0.25) is 4.68 Å². The van der Waals surface area contributed by atoms with Crippen LogP contribution in [0, 0.1) is 0 Å². The zero-order chi connectivity index (χ0) is 15.0. The van der Waals surface area contributed by atoms with E-state index in [4.69, 9.17) is 9.95 Å².